The predicted octanol–water partition coefficient (Wildman–Crippen LogP) is 4.75. The lowest BCUT2D eigenvalue weighted by atomic mass is 10.2. The number of hydrazone groups is 1. The molecule has 0 fully saturated rings. The molecule has 0 aliphatic rings. The van der Waals surface area contributed by atoms with Crippen molar-refractivity contribution in [2.45, 2.75) is 0 Å². The van der Waals surface area contributed by atoms with E-state index in [1.807, 2.05) is 18.2 Å². The number of benzene rings is 3. The van der Waals surface area contributed by atoms with Crippen LogP contribution in [0.15, 0.2) is 71.8 Å². The summed E-state index contributed by atoms with van der Waals surface area (Å²) in [4.78, 5) is 24.2. The largest absolute Gasteiger partial charge is 0.493 e. The maximum atomic E-state index is 12.4. The minimum atomic E-state index is -0.617. The van der Waals surface area contributed by atoms with Crippen LogP contribution in [-0.4, -0.2) is 31.8 Å². The Morgan fingerprint density at radius 2 is 1.75 bits per heavy atom. The summed E-state index contributed by atoms with van der Waals surface area (Å²) >= 11 is 11.8. The van der Waals surface area contributed by atoms with E-state index in [0.717, 1.165) is 0 Å². The number of hydrogen-bond acceptors (Lipinski definition) is 6. The van der Waals surface area contributed by atoms with Gasteiger partial charge in [0.2, 0.25) is 0 Å². The van der Waals surface area contributed by atoms with Gasteiger partial charge in [-0.05, 0) is 54.1 Å². The SMILES string of the molecule is COc1cc(/C=N/NC(=O)COc2ccccc2)ccc1OC(=O)c1ccc(Cl)c(Cl)c1. The number of amides is 1. The molecule has 3 aromatic rings. The standard InChI is InChI=1S/C23H18Cl2N2O5/c1-30-21-11-15(13-26-27-22(28)14-31-17-5-3-2-4-6-17)7-10-20(21)32-23(29)16-8-9-18(24)19(25)12-16/h2-13H,14H2,1H3,(H,27,28)/b26-13+. The van der Waals surface area contributed by atoms with E-state index in [9.17, 15) is 9.59 Å². The number of rotatable bonds is 8. The first-order valence-corrected chi connectivity index (χ1v) is 10.1. The number of carbonyl (C=O) groups is 2. The summed E-state index contributed by atoms with van der Waals surface area (Å²) in [5.41, 5.74) is 3.23. The van der Waals surface area contributed by atoms with Gasteiger partial charge in [0.1, 0.15) is 5.75 Å². The van der Waals surface area contributed by atoms with Crippen LogP contribution in [0.3, 0.4) is 0 Å². The zero-order valence-electron chi connectivity index (χ0n) is 16.9. The van der Waals surface area contributed by atoms with Crippen molar-refractivity contribution in [3.8, 4) is 17.2 Å². The summed E-state index contributed by atoms with van der Waals surface area (Å²) in [6, 6.07) is 18.2. The second-order valence-corrected chi connectivity index (χ2v) is 7.14. The fourth-order valence-electron chi connectivity index (χ4n) is 2.51. The Labute approximate surface area is 194 Å². The van der Waals surface area contributed by atoms with Crippen LogP contribution in [0.4, 0.5) is 0 Å². The van der Waals surface area contributed by atoms with Gasteiger partial charge in [0.05, 0.1) is 28.9 Å². The van der Waals surface area contributed by atoms with Gasteiger partial charge >= 0.3 is 5.97 Å². The first-order chi connectivity index (χ1) is 15.5. The fourth-order valence-corrected chi connectivity index (χ4v) is 2.81. The highest BCUT2D eigenvalue weighted by atomic mass is 35.5. The molecular weight excluding hydrogens is 455 g/mol. The van der Waals surface area contributed by atoms with Crippen molar-refractivity contribution in [1.29, 1.82) is 0 Å². The number of nitrogens with zero attached hydrogens (tertiary/aromatic N) is 1. The highest BCUT2D eigenvalue weighted by molar-refractivity contribution is 6.42. The third-order valence-electron chi connectivity index (χ3n) is 4.06. The van der Waals surface area contributed by atoms with Gasteiger partial charge in [-0.1, -0.05) is 41.4 Å². The van der Waals surface area contributed by atoms with Crippen molar-refractivity contribution >= 4 is 41.3 Å². The molecule has 9 heteroatoms. The Hall–Kier alpha value is -3.55. The predicted molar refractivity (Wildman–Crippen MR) is 122 cm³/mol. The smallest absolute Gasteiger partial charge is 0.343 e. The van der Waals surface area contributed by atoms with Crippen LogP contribution in [0.5, 0.6) is 17.2 Å². The van der Waals surface area contributed by atoms with Crippen LogP contribution in [0.1, 0.15) is 15.9 Å². The molecule has 0 atom stereocenters. The van der Waals surface area contributed by atoms with Crippen molar-refractivity contribution < 1.29 is 23.8 Å². The van der Waals surface area contributed by atoms with Gasteiger partial charge in [0.15, 0.2) is 18.1 Å². The summed E-state index contributed by atoms with van der Waals surface area (Å²) in [5, 5.41) is 4.47. The Kier molecular flexibility index (Phi) is 8.08. The van der Waals surface area contributed by atoms with Crippen molar-refractivity contribution in [3.05, 3.63) is 87.9 Å². The lowest BCUT2D eigenvalue weighted by molar-refractivity contribution is -0.123. The van der Waals surface area contributed by atoms with E-state index in [2.05, 4.69) is 10.5 Å². The molecule has 1 amide bonds. The summed E-state index contributed by atoms with van der Waals surface area (Å²) in [5.74, 6) is 0.0719. The van der Waals surface area contributed by atoms with E-state index in [4.69, 9.17) is 37.4 Å². The van der Waals surface area contributed by atoms with E-state index < -0.39 is 11.9 Å². The number of ether oxygens (including phenoxy) is 3. The van der Waals surface area contributed by atoms with Gasteiger partial charge in [-0.15, -0.1) is 0 Å². The summed E-state index contributed by atoms with van der Waals surface area (Å²) in [6.45, 7) is -0.172. The third kappa shape index (κ3) is 6.47. The molecule has 0 aliphatic heterocycles. The molecule has 32 heavy (non-hydrogen) atoms. The molecule has 0 saturated carbocycles. The van der Waals surface area contributed by atoms with E-state index in [1.54, 1.807) is 30.3 Å². The molecule has 0 aliphatic carbocycles. The van der Waals surface area contributed by atoms with Gasteiger partial charge in [-0.3, -0.25) is 4.79 Å². The molecule has 0 bridgehead atoms. The van der Waals surface area contributed by atoms with Gasteiger partial charge in [0, 0.05) is 0 Å². The van der Waals surface area contributed by atoms with Crippen LogP contribution >= 0.6 is 23.2 Å². The number of para-hydroxylation sites is 1. The van der Waals surface area contributed by atoms with E-state index >= 15 is 0 Å². The second kappa shape index (κ2) is 11.2. The molecule has 164 valence electrons. The minimum absolute atomic E-state index is 0.172. The molecule has 0 heterocycles. The van der Waals surface area contributed by atoms with E-state index in [-0.39, 0.29) is 22.9 Å². The zero-order chi connectivity index (χ0) is 22.9. The normalized spacial score (nSPS) is 10.6. The zero-order valence-corrected chi connectivity index (χ0v) is 18.4. The molecule has 0 unspecified atom stereocenters. The summed E-state index contributed by atoms with van der Waals surface area (Å²) < 4.78 is 16.0. The average Bonchev–Trinajstić information content (AvgIpc) is 2.81. The summed E-state index contributed by atoms with van der Waals surface area (Å²) in [6.07, 6.45) is 1.42. The topological polar surface area (TPSA) is 86.2 Å². The Bertz CT molecular complexity index is 1140. The number of halogens is 2. The molecule has 3 rings (SSSR count). The number of nitrogens with one attached hydrogen (secondary N) is 1. The maximum absolute atomic E-state index is 12.4. The quantitative estimate of drug-likeness (QED) is 0.221. The van der Waals surface area contributed by atoms with Gasteiger partial charge in [-0.25, -0.2) is 10.2 Å². The van der Waals surface area contributed by atoms with Crippen molar-refractivity contribution in [3.63, 3.8) is 0 Å². The van der Waals surface area contributed by atoms with Crippen LogP contribution in [0.2, 0.25) is 10.0 Å². The lowest BCUT2D eigenvalue weighted by Crippen LogP contribution is -2.24. The minimum Gasteiger partial charge on any atom is -0.493 e. The van der Waals surface area contributed by atoms with E-state index in [0.29, 0.717) is 22.1 Å². The van der Waals surface area contributed by atoms with Gasteiger partial charge < -0.3 is 14.2 Å². The van der Waals surface area contributed by atoms with Crippen LogP contribution < -0.4 is 19.6 Å². The van der Waals surface area contributed by atoms with Gasteiger partial charge in [-0.2, -0.15) is 5.10 Å². The van der Waals surface area contributed by atoms with Crippen LogP contribution in [0.25, 0.3) is 0 Å². The Morgan fingerprint density at radius 3 is 2.47 bits per heavy atom. The van der Waals surface area contributed by atoms with Crippen LogP contribution in [0, 0.1) is 0 Å². The third-order valence-corrected chi connectivity index (χ3v) is 4.80. The average molecular weight is 473 g/mol. The number of esters is 1. The first kappa shape index (κ1) is 23.1. The Morgan fingerprint density at radius 1 is 0.969 bits per heavy atom. The van der Waals surface area contributed by atoms with Crippen molar-refractivity contribution in [2.24, 2.45) is 5.10 Å². The number of hydrogen-bond donors (Lipinski definition) is 1. The number of methoxy groups -OCH3 is 1. The van der Waals surface area contributed by atoms with Crippen molar-refractivity contribution in [1.82, 2.24) is 5.43 Å². The highest BCUT2D eigenvalue weighted by Crippen LogP contribution is 2.29. The first-order valence-electron chi connectivity index (χ1n) is 9.31. The monoisotopic (exact) mass is 472 g/mol. The van der Waals surface area contributed by atoms with E-state index in [1.165, 1.54) is 31.5 Å². The second-order valence-electron chi connectivity index (χ2n) is 6.32. The molecule has 0 saturated heterocycles. The molecule has 1 N–H and O–H groups in total. The molecule has 3 aromatic carbocycles. The van der Waals surface area contributed by atoms with Crippen molar-refractivity contribution in [2.75, 3.05) is 13.7 Å². The van der Waals surface area contributed by atoms with Gasteiger partial charge in [0.25, 0.3) is 5.91 Å². The van der Waals surface area contributed by atoms with Crippen LogP contribution in [-0.2, 0) is 4.79 Å². The molecular formula is C23H18Cl2N2O5. The molecule has 0 aromatic heterocycles. The number of carbonyl (C=O) groups excluding carboxylic acids is 2. The Balaban J connectivity index is 1.58. The lowest BCUT2D eigenvalue weighted by Gasteiger charge is -2.10. The molecule has 0 spiro atoms. The highest BCUT2D eigenvalue weighted by Gasteiger charge is 2.14. The molecule has 7 nitrogen and oxygen atoms in total. The summed E-state index contributed by atoms with van der Waals surface area (Å²) in [7, 11) is 1.44. The fraction of sp³-hybridized carbons (Fsp3) is 0.0870. The maximum Gasteiger partial charge on any atom is 0.343 e. The molecule has 0 radical (unpaired) electrons.